The number of aromatic nitrogens is 3. The van der Waals surface area contributed by atoms with Crippen LogP contribution in [0.4, 0.5) is 0 Å². The van der Waals surface area contributed by atoms with Gasteiger partial charge in [-0.1, -0.05) is 0 Å². The van der Waals surface area contributed by atoms with Gasteiger partial charge in [0.2, 0.25) is 0 Å². The summed E-state index contributed by atoms with van der Waals surface area (Å²) < 4.78 is 5.12. The largest absolute Gasteiger partial charge is 0.380 e. The van der Waals surface area contributed by atoms with E-state index in [2.05, 4.69) is 20.5 Å². The first kappa shape index (κ1) is 14.9. The van der Waals surface area contributed by atoms with Crippen molar-refractivity contribution in [3.05, 3.63) is 46.5 Å². The van der Waals surface area contributed by atoms with Crippen LogP contribution in [0.1, 0.15) is 17.3 Å². The molecule has 110 valence electrons. The summed E-state index contributed by atoms with van der Waals surface area (Å²) in [6, 6.07) is 4.96. The lowest BCUT2D eigenvalue weighted by Crippen LogP contribution is -2.32. The van der Waals surface area contributed by atoms with Crippen LogP contribution in [-0.2, 0) is 4.74 Å². The fraction of sp³-hybridized carbons (Fsp3) is 0.286. The van der Waals surface area contributed by atoms with Gasteiger partial charge in [-0.05, 0) is 25.1 Å². The number of H-pyrrole nitrogens is 1. The van der Waals surface area contributed by atoms with E-state index in [1.54, 1.807) is 24.5 Å². The molecule has 0 unspecified atom stereocenters. The summed E-state index contributed by atoms with van der Waals surface area (Å²) >= 11 is 0. The molecule has 2 N–H and O–H groups in total. The van der Waals surface area contributed by atoms with Gasteiger partial charge in [0.25, 0.3) is 11.5 Å². The zero-order valence-electron chi connectivity index (χ0n) is 11.6. The number of nitrogens with one attached hydrogen (secondary N) is 2. The van der Waals surface area contributed by atoms with Crippen molar-refractivity contribution in [1.29, 1.82) is 0 Å². The lowest BCUT2D eigenvalue weighted by Gasteiger charge is -2.06. The molecule has 0 fully saturated rings. The third-order valence-electron chi connectivity index (χ3n) is 2.76. The predicted octanol–water partition coefficient (Wildman–Crippen LogP) is 0.598. The summed E-state index contributed by atoms with van der Waals surface area (Å²) in [6.07, 6.45) is 3.23. The Hall–Kier alpha value is -2.54. The van der Waals surface area contributed by atoms with Crippen molar-refractivity contribution in [3.8, 4) is 11.3 Å². The highest BCUT2D eigenvalue weighted by atomic mass is 16.5. The number of rotatable bonds is 6. The molecule has 2 heterocycles. The van der Waals surface area contributed by atoms with E-state index in [1.165, 1.54) is 6.07 Å². The van der Waals surface area contributed by atoms with Gasteiger partial charge in [0.15, 0.2) is 0 Å². The highest BCUT2D eigenvalue weighted by Crippen LogP contribution is 2.14. The van der Waals surface area contributed by atoms with Crippen LogP contribution in [0.15, 0.2) is 35.4 Å². The fourth-order valence-corrected chi connectivity index (χ4v) is 1.72. The number of amides is 1. The molecule has 0 aliphatic carbocycles. The van der Waals surface area contributed by atoms with Crippen LogP contribution in [0.25, 0.3) is 11.3 Å². The Bertz CT molecular complexity index is 655. The Kier molecular flexibility index (Phi) is 5.16. The van der Waals surface area contributed by atoms with E-state index >= 15 is 0 Å². The monoisotopic (exact) mass is 288 g/mol. The molecule has 0 bridgehead atoms. The first-order chi connectivity index (χ1) is 10.2. The molecule has 0 aliphatic heterocycles. The predicted molar refractivity (Wildman–Crippen MR) is 76.9 cm³/mol. The Morgan fingerprint density at radius 1 is 1.38 bits per heavy atom. The minimum Gasteiger partial charge on any atom is -0.380 e. The van der Waals surface area contributed by atoms with Crippen LogP contribution in [0.3, 0.4) is 0 Å². The molecule has 2 aromatic rings. The molecule has 21 heavy (non-hydrogen) atoms. The molecule has 0 spiro atoms. The molecule has 0 atom stereocenters. The standard InChI is InChI=1S/C14H16N4O3/c1-2-21-8-7-16-13(19)11-9-12(17-18-14(11)20)10-3-5-15-6-4-10/h3-6,9H,2,7-8H2,1H3,(H,16,19)(H,18,20). The van der Waals surface area contributed by atoms with Crippen molar-refractivity contribution < 1.29 is 9.53 Å². The molecule has 7 heteroatoms. The van der Waals surface area contributed by atoms with Crippen molar-refractivity contribution in [2.45, 2.75) is 6.92 Å². The third kappa shape index (κ3) is 3.96. The van der Waals surface area contributed by atoms with Gasteiger partial charge < -0.3 is 10.1 Å². The Labute approximate surface area is 121 Å². The van der Waals surface area contributed by atoms with E-state index in [0.717, 1.165) is 5.56 Å². The molecule has 0 aliphatic rings. The van der Waals surface area contributed by atoms with Crippen LogP contribution in [-0.4, -0.2) is 40.8 Å². The van der Waals surface area contributed by atoms with E-state index in [-0.39, 0.29) is 5.56 Å². The minimum absolute atomic E-state index is 0.0216. The summed E-state index contributed by atoms with van der Waals surface area (Å²) in [7, 11) is 0. The van der Waals surface area contributed by atoms with Gasteiger partial charge in [0, 0.05) is 31.1 Å². The number of pyridine rings is 1. The van der Waals surface area contributed by atoms with E-state index < -0.39 is 11.5 Å². The molecular weight excluding hydrogens is 272 g/mol. The van der Waals surface area contributed by atoms with Crippen LogP contribution < -0.4 is 10.9 Å². The number of carbonyl (C=O) groups excluding carboxylic acids is 1. The van der Waals surface area contributed by atoms with Gasteiger partial charge in [0.05, 0.1) is 12.3 Å². The van der Waals surface area contributed by atoms with Gasteiger partial charge in [0.1, 0.15) is 5.56 Å². The zero-order chi connectivity index (χ0) is 15.1. The number of carbonyl (C=O) groups is 1. The van der Waals surface area contributed by atoms with Gasteiger partial charge >= 0.3 is 0 Å². The maximum absolute atomic E-state index is 12.0. The third-order valence-corrected chi connectivity index (χ3v) is 2.76. The number of hydrogen-bond acceptors (Lipinski definition) is 5. The van der Waals surface area contributed by atoms with E-state index in [1.807, 2.05) is 6.92 Å². The molecule has 0 aromatic carbocycles. The maximum atomic E-state index is 12.0. The van der Waals surface area contributed by atoms with Crippen LogP contribution in [0.5, 0.6) is 0 Å². The summed E-state index contributed by atoms with van der Waals surface area (Å²) in [4.78, 5) is 27.6. The van der Waals surface area contributed by atoms with Crippen LogP contribution >= 0.6 is 0 Å². The SMILES string of the molecule is CCOCCNC(=O)c1cc(-c2ccncc2)n[nH]c1=O. The molecule has 0 saturated heterocycles. The number of nitrogens with zero attached hydrogens (tertiary/aromatic N) is 2. The van der Waals surface area contributed by atoms with Gasteiger partial charge in [-0.3, -0.25) is 14.6 Å². The van der Waals surface area contributed by atoms with Crippen molar-refractivity contribution in [3.63, 3.8) is 0 Å². The average molecular weight is 288 g/mol. The lowest BCUT2D eigenvalue weighted by molar-refractivity contribution is 0.0921. The van der Waals surface area contributed by atoms with Gasteiger partial charge in [-0.15, -0.1) is 0 Å². The minimum atomic E-state index is -0.526. The fourth-order valence-electron chi connectivity index (χ4n) is 1.72. The van der Waals surface area contributed by atoms with Crippen molar-refractivity contribution in [2.75, 3.05) is 19.8 Å². The van der Waals surface area contributed by atoms with Crippen LogP contribution in [0, 0.1) is 0 Å². The second-order valence-electron chi connectivity index (χ2n) is 4.18. The Balaban J connectivity index is 2.16. The van der Waals surface area contributed by atoms with Gasteiger partial charge in [-0.25, -0.2) is 5.10 Å². The molecule has 1 amide bonds. The molecule has 2 rings (SSSR count). The quantitative estimate of drug-likeness (QED) is 0.759. The van der Waals surface area contributed by atoms with Crippen LogP contribution in [0.2, 0.25) is 0 Å². The van der Waals surface area contributed by atoms with Gasteiger partial charge in [-0.2, -0.15) is 5.10 Å². The van der Waals surface area contributed by atoms with E-state index in [4.69, 9.17) is 4.74 Å². The van der Waals surface area contributed by atoms with Crippen molar-refractivity contribution in [1.82, 2.24) is 20.5 Å². The van der Waals surface area contributed by atoms with Crippen molar-refractivity contribution in [2.24, 2.45) is 0 Å². The van der Waals surface area contributed by atoms with Crippen molar-refractivity contribution >= 4 is 5.91 Å². The lowest BCUT2D eigenvalue weighted by atomic mass is 10.1. The highest BCUT2D eigenvalue weighted by molar-refractivity contribution is 5.94. The molecule has 7 nitrogen and oxygen atoms in total. The summed E-state index contributed by atoms with van der Waals surface area (Å²) in [5.74, 6) is -0.450. The summed E-state index contributed by atoms with van der Waals surface area (Å²) in [5.41, 5.74) is 0.770. The molecular formula is C14H16N4O3. The number of ether oxygens (including phenoxy) is 1. The van der Waals surface area contributed by atoms with E-state index in [9.17, 15) is 9.59 Å². The highest BCUT2D eigenvalue weighted by Gasteiger charge is 2.12. The topological polar surface area (TPSA) is 97.0 Å². The number of hydrogen-bond donors (Lipinski definition) is 2. The number of aromatic amines is 1. The smallest absolute Gasteiger partial charge is 0.277 e. The first-order valence-electron chi connectivity index (χ1n) is 6.58. The summed E-state index contributed by atoms with van der Waals surface area (Å²) in [5, 5.41) is 8.89. The zero-order valence-corrected chi connectivity index (χ0v) is 11.6. The Morgan fingerprint density at radius 3 is 2.86 bits per heavy atom. The second kappa shape index (κ2) is 7.30. The summed E-state index contributed by atoms with van der Waals surface area (Å²) in [6.45, 7) is 3.20. The first-order valence-corrected chi connectivity index (χ1v) is 6.58. The molecule has 2 aromatic heterocycles. The maximum Gasteiger partial charge on any atom is 0.277 e. The second-order valence-corrected chi connectivity index (χ2v) is 4.18. The Morgan fingerprint density at radius 2 is 2.14 bits per heavy atom. The normalized spacial score (nSPS) is 10.3. The molecule has 0 radical (unpaired) electrons. The van der Waals surface area contributed by atoms with E-state index in [0.29, 0.717) is 25.5 Å². The average Bonchev–Trinajstić information content (AvgIpc) is 2.52. The molecule has 0 saturated carbocycles.